The molecule has 144 valence electrons. The lowest BCUT2D eigenvalue weighted by atomic mass is 10.1. The third-order valence-electron chi connectivity index (χ3n) is 4.56. The number of alkyl halides is 3. The van der Waals surface area contributed by atoms with Gasteiger partial charge in [-0.25, -0.2) is 9.67 Å². The van der Waals surface area contributed by atoms with Crippen LogP contribution in [0.5, 0.6) is 0 Å². The van der Waals surface area contributed by atoms with E-state index in [1.165, 1.54) is 16.9 Å². The Morgan fingerprint density at radius 1 is 1.18 bits per heavy atom. The summed E-state index contributed by atoms with van der Waals surface area (Å²) in [5, 5.41) is 6.96. The van der Waals surface area contributed by atoms with Gasteiger partial charge in [0, 0.05) is 11.6 Å². The molecule has 0 spiro atoms. The van der Waals surface area contributed by atoms with Crippen molar-refractivity contribution >= 4 is 11.7 Å². The number of hydrogen-bond acceptors (Lipinski definition) is 3. The molecule has 0 atom stereocenters. The van der Waals surface area contributed by atoms with Crippen molar-refractivity contribution in [1.82, 2.24) is 14.8 Å². The van der Waals surface area contributed by atoms with E-state index in [4.69, 9.17) is 0 Å². The van der Waals surface area contributed by atoms with E-state index in [0.717, 1.165) is 30.7 Å². The van der Waals surface area contributed by atoms with Crippen LogP contribution in [0.25, 0.3) is 5.69 Å². The van der Waals surface area contributed by atoms with Gasteiger partial charge in [-0.2, -0.15) is 18.3 Å². The number of rotatable bonds is 4. The highest BCUT2D eigenvalue weighted by atomic mass is 19.4. The molecule has 0 unspecified atom stereocenters. The normalized spacial score (nSPS) is 14.1. The van der Waals surface area contributed by atoms with Crippen LogP contribution in [0, 0.1) is 6.92 Å². The van der Waals surface area contributed by atoms with Crippen molar-refractivity contribution in [2.45, 2.75) is 31.9 Å². The second kappa shape index (κ2) is 6.78. The van der Waals surface area contributed by atoms with Gasteiger partial charge < -0.3 is 5.32 Å². The molecule has 1 aromatic carbocycles. The Labute approximate surface area is 159 Å². The minimum atomic E-state index is -4.44. The largest absolute Gasteiger partial charge is 0.416 e. The van der Waals surface area contributed by atoms with Gasteiger partial charge >= 0.3 is 6.18 Å². The summed E-state index contributed by atoms with van der Waals surface area (Å²) in [4.78, 5) is 17.0. The fourth-order valence-corrected chi connectivity index (χ4v) is 3.10. The molecular weight excluding hydrogens is 369 g/mol. The molecule has 0 bridgehead atoms. The number of aromatic nitrogens is 3. The lowest BCUT2D eigenvalue weighted by Crippen LogP contribution is -2.15. The summed E-state index contributed by atoms with van der Waals surface area (Å²) >= 11 is 0. The van der Waals surface area contributed by atoms with E-state index in [-0.39, 0.29) is 17.5 Å². The van der Waals surface area contributed by atoms with Gasteiger partial charge in [0.25, 0.3) is 5.91 Å². The van der Waals surface area contributed by atoms with Crippen LogP contribution < -0.4 is 5.32 Å². The maximum absolute atomic E-state index is 13.1. The van der Waals surface area contributed by atoms with Gasteiger partial charge in [-0.05, 0) is 50.1 Å². The third-order valence-corrected chi connectivity index (χ3v) is 4.56. The van der Waals surface area contributed by atoms with Crippen LogP contribution in [0.1, 0.15) is 46.1 Å². The number of carbonyl (C=O) groups is 1. The van der Waals surface area contributed by atoms with Gasteiger partial charge in [0.2, 0.25) is 0 Å². The van der Waals surface area contributed by atoms with E-state index in [2.05, 4.69) is 15.4 Å². The highest BCUT2D eigenvalue weighted by Crippen LogP contribution is 2.43. The van der Waals surface area contributed by atoms with Crippen molar-refractivity contribution in [3.8, 4) is 5.69 Å². The number of carbonyl (C=O) groups excluding carboxylic acids is 1. The molecule has 8 heteroatoms. The van der Waals surface area contributed by atoms with Crippen LogP contribution in [0.3, 0.4) is 0 Å². The molecule has 1 N–H and O–H groups in total. The second-order valence-electron chi connectivity index (χ2n) is 6.80. The summed E-state index contributed by atoms with van der Waals surface area (Å²) in [5.74, 6) is 0.139. The maximum Gasteiger partial charge on any atom is 0.416 e. The van der Waals surface area contributed by atoms with Crippen LogP contribution in [0.4, 0.5) is 19.0 Å². The number of amides is 1. The number of nitrogens with one attached hydrogen (secondary N) is 1. The first kappa shape index (κ1) is 18.2. The van der Waals surface area contributed by atoms with Crippen LogP contribution in [0.15, 0.2) is 48.7 Å². The van der Waals surface area contributed by atoms with Crippen molar-refractivity contribution in [2.75, 3.05) is 5.32 Å². The number of anilines is 1. The zero-order valence-corrected chi connectivity index (χ0v) is 15.0. The van der Waals surface area contributed by atoms with Crippen LogP contribution in [0.2, 0.25) is 0 Å². The van der Waals surface area contributed by atoms with Gasteiger partial charge in [0.15, 0.2) is 0 Å². The molecule has 0 aliphatic heterocycles. The molecule has 0 saturated heterocycles. The van der Waals surface area contributed by atoms with Crippen molar-refractivity contribution in [1.29, 1.82) is 0 Å². The Hall–Kier alpha value is -3.16. The van der Waals surface area contributed by atoms with Crippen LogP contribution in [-0.2, 0) is 6.18 Å². The monoisotopic (exact) mass is 386 g/mol. The van der Waals surface area contributed by atoms with E-state index in [0.29, 0.717) is 17.1 Å². The molecule has 2 heterocycles. The second-order valence-corrected chi connectivity index (χ2v) is 6.80. The third kappa shape index (κ3) is 3.62. The average molecular weight is 386 g/mol. The molecule has 1 aliphatic carbocycles. The fourth-order valence-electron chi connectivity index (χ4n) is 3.10. The van der Waals surface area contributed by atoms with E-state index in [9.17, 15) is 18.0 Å². The number of nitrogens with zero attached hydrogens (tertiary/aromatic N) is 3. The molecule has 5 nitrogen and oxygen atoms in total. The molecule has 2 aromatic heterocycles. The van der Waals surface area contributed by atoms with Gasteiger partial charge in [-0.1, -0.05) is 12.1 Å². The molecular formula is C20H17F3N4O. The van der Waals surface area contributed by atoms with Crippen molar-refractivity contribution < 1.29 is 18.0 Å². The predicted octanol–water partition coefficient (Wildman–Crippen LogP) is 4.72. The average Bonchev–Trinajstić information content (AvgIpc) is 3.39. The molecule has 1 saturated carbocycles. The smallest absolute Gasteiger partial charge is 0.306 e. The Bertz CT molecular complexity index is 1040. The molecule has 4 rings (SSSR count). The number of hydrogen-bond donors (Lipinski definition) is 1. The molecule has 3 aromatic rings. The summed E-state index contributed by atoms with van der Waals surface area (Å²) in [6.45, 7) is 1.82. The van der Waals surface area contributed by atoms with Crippen molar-refractivity contribution in [3.05, 3.63) is 71.2 Å². The molecule has 1 fully saturated rings. The van der Waals surface area contributed by atoms with Crippen molar-refractivity contribution in [2.24, 2.45) is 0 Å². The number of benzene rings is 1. The van der Waals surface area contributed by atoms with Crippen molar-refractivity contribution in [3.63, 3.8) is 0 Å². The highest BCUT2D eigenvalue weighted by molar-refractivity contribution is 6.04. The van der Waals surface area contributed by atoms with Gasteiger partial charge in [0.05, 0.1) is 28.7 Å². The van der Waals surface area contributed by atoms with E-state index >= 15 is 0 Å². The summed E-state index contributed by atoms with van der Waals surface area (Å²) in [7, 11) is 0. The maximum atomic E-state index is 13.1. The van der Waals surface area contributed by atoms with Crippen LogP contribution >= 0.6 is 0 Å². The van der Waals surface area contributed by atoms with E-state index < -0.39 is 11.7 Å². The molecule has 0 radical (unpaired) electrons. The Morgan fingerprint density at radius 2 is 1.93 bits per heavy atom. The lowest BCUT2D eigenvalue weighted by molar-refractivity contribution is -0.137. The molecule has 1 aliphatic rings. The first-order chi connectivity index (χ1) is 13.3. The zero-order chi connectivity index (χ0) is 19.9. The number of pyridine rings is 1. The minimum absolute atomic E-state index is 0.100. The Balaban J connectivity index is 1.70. The van der Waals surface area contributed by atoms with Gasteiger partial charge in [-0.15, -0.1) is 0 Å². The quantitative estimate of drug-likeness (QED) is 0.706. The molecule has 28 heavy (non-hydrogen) atoms. The number of halogens is 3. The minimum Gasteiger partial charge on any atom is -0.306 e. The Morgan fingerprint density at radius 3 is 2.61 bits per heavy atom. The molecule has 1 amide bonds. The van der Waals surface area contributed by atoms with Gasteiger partial charge in [-0.3, -0.25) is 4.79 Å². The van der Waals surface area contributed by atoms with Gasteiger partial charge in [0.1, 0.15) is 5.82 Å². The fraction of sp³-hybridized carbons (Fsp3) is 0.250. The Kier molecular flexibility index (Phi) is 4.41. The first-order valence-corrected chi connectivity index (χ1v) is 8.83. The summed E-state index contributed by atoms with van der Waals surface area (Å²) in [5.41, 5.74) is 1.27. The number of aryl methyl sites for hydroxylation is 1. The topological polar surface area (TPSA) is 59.8 Å². The van der Waals surface area contributed by atoms with E-state index in [1.54, 1.807) is 18.2 Å². The van der Waals surface area contributed by atoms with Crippen LogP contribution in [-0.4, -0.2) is 20.7 Å². The highest BCUT2D eigenvalue weighted by Gasteiger charge is 2.34. The first-order valence-electron chi connectivity index (χ1n) is 8.83. The zero-order valence-electron chi connectivity index (χ0n) is 15.0. The summed E-state index contributed by atoms with van der Waals surface area (Å²) in [6.07, 6.45) is -1.31. The predicted molar refractivity (Wildman–Crippen MR) is 97.5 cm³/mol. The lowest BCUT2D eigenvalue weighted by Gasteiger charge is -2.12. The summed E-state index contributed by atoms with van der Waals surface area (Å²) < 4.78 is 40.6. The SMILES string of the molecule is Cc1cccc(NC(=O)c2cnn(-c3cccc(C(F)(F)F)c3)c2C2CC2)n1. The summed E-state index contributed by atoms with van der Waals surface area (Å²) in [6, 6.07) is 10.2. The van der Waals surface area contributed by atoms with E-state index in [1.807, 2.05) is 13.0 Å². The standard InChI is InChI=1S/C20H17F3N4O/c1-12-4-2-7-17(25-12)26-19(28)16-11-24-27(18(16)13-8-9-13)15-6-3-5-14(10-15)20(21,22)23/h2-7,10-11,13H,8-9H2,1H3,(H,25,26,28).